The number of ether oxygens (including phenoxy) is 2. The third-order valence-electron chi connectivity index (χ3n) is 6.39. The number of hydrogen-bond donors (Lipinski definition) is 2. The first-order chi connectivity index (χ1) is 14.8. The molecule has 30 heavy (non-hydrogen) atoms. The van der Waals surface area contributed by atoms with Gasteiger partial charge in [0.25, 0.3) is 0 Å². The molecule has 0 atom stereocenters. The van der Waals surface area contributed by atoms with Crippen LogP contribution >= 0.6 is 0 Å². The average Bonchev–Trinajstić information content (AvgIpc) is 2.82. The van der Waals surface area contributed by atoms with E-state index in [9.17, 15) is 0 Å². The Kier molecular flexibility index (Phi) is 9.93. The van der Waals surface area contributed by atoms with Crippen LogP contribution in [0.5, 0.6) is 0 Å². The second kappa shape index (κ2) is 12.9. The molecule has 1 heterocycles. The zero-order valence-corrected chi connectivity index (χ0v) is 18.7. The lowest BCUT2D eigenvalue weighted by Crippen LogP contribution is -2.60. The highest BCUT2D eigenvalue weighted by Crippen LogP contribution is 2.33. The van der Waals surface area contributed by atoms with Crippen LogP contribution in [0.2, 0.25) is 0 Å². The lowest BCUT2D eigenvalue weighted by Gasteiger charge is -2.48. The van der Waals surface area contributed by atoms with Crippen molar-refractivity contribution in [3.63, 3.8) is 0 Å². The Hall–Kier alpha value is -1.63. The lowest BCUT2D eigenvalue weighted by atomic mass is 9.80. The molecule has 6 heteroatoms. The van der Waals surface area contributed by atoms with Crippen molar-refractivity contribution in [3.05, 3.63) is 35.9 Å². The minimum Gasteiger partial charge on any atom is -0.379 e. The normalized spacial score (nSPS) is 20.1. The molecular weight excluding hydrogens is 376 g/mol. The molecular formula is C24H40N4O2. The summed E-state index contributed by atoms with van der Waals surface area (Å²) in [4.78, 5) is 7.11. The van der Waals surface area contributed by atoms with Gasteiger partial charge < -0.3 is 20.1 Å². The molecule has 1 aromatic rings. The lowest BCUT2D eigenvalue weighted by molar-refractivity contribution is -0.0352. The number of benzene rings is 1. The summed E-state index contributed by atoms with van der Waals surface area (Å²) in [6.07, 6.45) is 8.69. The minimum absolute atomic E-state index is 0.255. The van der Waals surface area contributed by atoms with E-state index in [0.717, 1.165) is 64.8 Å². The van der Waals surface area contributed by atoms with Crippen LogP contribution in [-0.2, 0) is 16.1 Å². The van der Waals surface area contributed by atoms with Crippen LogP contribution in [0.25, 0.3) is 0 Å². The Labute approximate surface area is 182 Å². The van der Waals surface area contributed by atoms with Crippen molar-refractivity contribution >= 4 is 5.96 Å². The van der Waals surface area contributed by atoms with E-state index in [4.69, 9.17) is 9.47 Å². The molecule has 6 nitrogen and oxygen atoms in total. The van der Waals surface area contributed by atoms with Crippen molar-refractivity contribution in [3.8, 4) is 0 Å². The summed E-state index contributed by atoms with van der Waals surface area (Å²) in [5.74, 6) is 0.915. The van der Waals surface area contributed by atoms with Crippen molar-refractivity contribution in [2.75, 3.05) is 53.0 Å². The standard InChI is InChI=1S/C24H40N4O2/c1-25-23(26-14-8-9-17-30-20-22-10-4-2-5-11-22)27-21-24(12-6-3-7-13-24)28-15-18-29-19-16-28/h2,4-5,10-11H,3,6-9,12-21H2,1H3,(H2,25,26,27). The third-order valence-corrected chi connectivity index (χ3v) is 6.39. The molecule has 0 aromatic heterocycles. The zero-order valence-electron chi connectivity index (χ0n) is 18.7. The Morgan fingerprint density at radius 3 is 2.57 bits per heavy atom. The van der Waals surface area contributed by atoms with Crippen LogP contribution in [0, 0.1) is 0 Å². The maximum atomic E-state index is 5.77. The summed E-state index contributed by atoms with van der Waals surface area (Å²) in [6.45, 7) is 7.20. The highest BCUT2D eigenvalue weighted by molar-refractivity contribution is 5.79. The smallest absolute Gasteiger partial charge is 0.191 e. The number of aliphatic imine (C=N–C) groups is 1. The molecule has 1 saturated carbocycles. The first-order valence-corrected chi connectivity index (χ1v) is 11.7. The molecule has 0 amide bonds. The molecule has 1 aliphatic carbocycles. The van der Waals surface area contributed by atoms with Gasteiger partial charge in [-0.15, -0.1) is 0 Å². The quantitative estimate of drug-likeness (QED) is 0.349. The van der Waals surface area contributed by atoms with Gasteiger partial charge >= 0.3 is 0 Å². The van der Waals surface area contributed by atoms with Crippen molar-refractivity contribution in [1.29, 1.82) is 0 Å². The summed E-state index contributed by atoms with van der Waals surface area (Å²) in [7, 11) is 1.86. The molecule has 2 N–H and O–H groups in total. The molecule has 1 saturated heterocycles. The molecule has 1 aliphatic heterocycles. The second-order valence-corrected chi connectivity index (χ2v) is 8.48. The Morgan fingerprint density at radius 1 is 1.07 bits per heavy atom. The maximum Gasteiger partial charge on any atom is 0.191 e. The molecule has 2 fully saturated rings. The van der Waals surface area contributed by atoms with Crippen molar-refractivity contribution in [2.45, 2.75) is 57.1 Å². The van der Waals surface area contributed by atoms with E-state index in [1.807, 2.05) is 13.1 Å². The number of rotatable bonds is 10. The molecule has 0 bridgehead atoms. The van der Waals surface area contributed by atoms with Crippen molar-refractivity contribution in [1.82, 2.24) is 15.5 Å². The van der Waals surface area contributed by atoms with Crippen LogP contribution in [-0.4, -0.2) is 69.4 Å². The van der Waals surface area contributed by atoms with Gasteiger partial charge in [-0.3, -0.25) is 9.89 Å². The average molecular weight is 417 g/mol. The molecule has 1 aromatic carbocycles. The van der Waals surface area contributed by atoms with Gasteiger partial charge in [0.05, 0.1) is 19.8 Å². The van der Waals surface area contributed by atoms with Crippen LogP contribution in [0.4, 0.5) is 0 Å². The van der Waals surface area contributed by atoms with Gasteiger partial charge in [-0.25, -0.2) is 0 Å². The molecule has 0 radical (unpaired) electrons. The van der Waals surface area contributed by atoms with Crippen LogP contribution in [0.3, 0.4) is 0 Å². The molecule has 0 unspecified atom stereocenters. The first kappa shape index (κ1) is 23.0. The Bertz CT molecular complexity index is 611. The fourth-order valence-electron chi connectivity index (χ4n) is 4.62. The predicted molar refractivity (Wildman–Crippen MR) is 123 cm³/mol. The largest absolute Gasteiger partial charge is 0.379 e. The van der Waals surface area contributed by atoms with E-state index in [1.54, 1.807) is 0 Å². The second-order valence-electron chi connectivity index (χ2n) is 8.48. The summed E-state index contributed by atoms with van der Waals surface area (Å²) in [5.41, 5.74) is 1.49. The number of nitrogens with zero attached hydrogens (tertiary/aromatic N) is 2. The van der Waals surface area contributed by atoms with E-state index in [-0.39, 0.29) is 5.54 Å². The van der Waals surface area contributed by atoms with Crippen molar-refractivity contribution < 1.29 is 9.47 Å². The van der Waals surface area contributed by atoms with Gasteiger partial charge in [-0.1, -0.05) is 49.6 Å². The van der Waals surface area contributed by atoms with E-state index in [2.05, 4.69) is 44.8 Å². The van der Waals surface area contributed by atoms with Gasteiger partial charge in [0.15, 0.2) is 5.96 Å². The highest BCUT2D eigenvalue weighted by Gasteiger charge is 2.38. The van der Waals surface area contributed by atoms with E-state index in [0.29, 0.717) is 6.61 Å². The topological polar surface area (TPSA) is 58.1 Å². The van der Waals surface area contributed by atoms with E-state index >= 15 is 0 Å². The monoisotopic (exact) mass is 416 g/mol. The molecule has 0 spiro atoms. The molecule has 168 valence electrons. The van der Waals surface area contributed by atoms with Crippen LogP contribution in [0.1, 0.15) is 50.5 Å². The SMILES string of the molecule is CN=C(NCCCCOCc1ccccc1)NCC1(N2CCOCC2)CCCCC1. The van der Waals surface area contributed by atoms with Gasteiger partial charge in [0, 0.05) is 45.4 Å². The Balaban J connectivity index is 1.33. The number of hydrogen-bond acceptors (Lipinski definition) is 4. The summed E-state index contributed by atoms with van der Waals surface area (Å²) in [5, 5.41) is 7.10. The fourth-order valence-corrected chi connectivity index (χ4v) is 4.62. The Morgan fingerprint density at radius 2 is 1.83 bits per heavy atom. The first-order valence-electron chi connectivity index (χ1n) is 11.7. The minimum atomic E-state index is 0.255. The van der Waals surface area contributed by atoms with Crippen LogP contribution < -0.4 is 10.6 Å². The van der Waals surface area contributed by atoms with Gasteiger partial charge in [0.1, 0.15) is 0 Å². The summed E-state index contributed by atoms with van der Waals surface area (Å²) in [6, 6.07) is 10.4. The fraction of sp³-hybridized carbons (Fsp3) is 0.708. The highest BCUT2D eigenvalue weighted by atomic mass is 16.5. The molecule has 3 rings (SSSR count). The third kappa shape index (κ3) is 7.25. The predicted octanol–water partition coefficient (Wildman–Crippen LogP) is 3.18. The van der Waals surface area contributed by atoms with E-state index < -0.39 is 0 Å². The summed E-state index contributed by atoms with van der Waals surface area (Å²) < 4.78 is 11.4. The van der Waals surface area contributed by atoms with Gasteiger partial charge in [0.2, 0.25) is 0 Å². The van der Waals surface area contributed by atoms with Gasteiger partial charge in [-0.2, -0.15) is 0 Å². The zero-order chi connectivity index (χ0) is 20.9. The van der Waals surface area contributed by atoms with Gasteiger partial charge in [-0.05, 0) is 31.2 Å². The number of guanidine groups is 1. The number of nitrogens with one attached hydrogen (secondary N) is 2. The molecule has 2 aliphatic rings. The van der Waals surface area contributed by atoms with Crippen molar-refractivity contribution in [2.24, 2.45) is 4.99 Å². The van der Waals surface area contributed by atoms with Crippen LogP contribution in [0.15, 0.2) is 35.3 Å². The number of morpholine rings is 1. The number of unbranched alkanes of at least 4 members (excludes halogenated alkanes) is 1. The summed E-state index contributed by atoms with van der Waals surface area (Å²) >= 11 is 0. The van der Waals surface area contributed by atoms with E-state index in [1.165, 1.54) is 37.7 Å². The maximum absolute atomic E-state index is 5.77.